The highest BCUT2D eigenvalue weighted by Crippen LogP contribution is 2.35. The largest absolute Gasteiger partial charge is 0.328 e. The lowest BCUT2D eigenvalue weighted by atomic mass is 9.94. The lowest BCUT2D eigenvalue weighted by Crippen LogP contribution is -2.31. The van der Waals surface area contributed by atoms with Crippen molar-refractivity contribution in [2.45, 2.75) is 26.8 Å². The quantitative estimate of drug-likeness (QED) is 0.746. The van der Waals surface area contributed by atoms with Gasteiger partial charge >= 0.3 is 0 Å². The SMILES string of the molecule is CC1=C(C(=O)Nc2ccccc2)[C@H](c2ccc(C)cc2)n2nc(C)nc2N1. The summed E-state index contributed by atoms with van der Waals surface area (Å²) >= 11 is 0. The zero-order valence-corrected chi connectivity index (χ0v) is 15.5. The van der Waals surface area contributed by atoms with Crippen molar-refractivity contribution >= 4 is 17.5 Å². The second kappa shape index (κ2) is 6.72. The number of hydrogen-bond acceptors (Lipinski definition) is 4. The van der Waals surface area contributed by atoms with Crippen LogP contribution in [0.2, 0.25) is 0 Å². The molecule has 3 aromatic rings. The summed E-state index contributed by atoms with van der Waals surface area (Å²) in [6, 6.07) is 17.3. The van der Waals surface area contributed by atoms with Crippen LogP contribution in [0.5, 0.6) is 0 Å². The van der Waals surface area contributed by atoms with Gasteiger partial charge in [0.15, 0.2) is 0 Å². The predicted molar refractivity (Wildman–Crippen MR) is 105 cm³/mol. The number of amides is 1. The Morgan fingerprint density at radius 2 is 1.74 bits per heavy atom. The highest BCUT2D eigenvalue weighted by atomic mass is 16.1. The Morgan fingerprint density at radius 3 is 2.44 bits per heavy atom. The number of aryl methyl sites for hydroxylation is 2. The summed E-state index contributed by atoms with van der Waals surface area (Å²) in [5.41, 5.74) is 4.31. The molecule has 2 heterocycles. The Labute approximate surface area is 157 Å². The third kappa shape index (κ3) is 3.21. The van der Waals surface area contributed by atoms with Gasteiger partial charge in [-0.25, -0.2) is 4.68 Å². The highest BCUT2D eigenvalue weighted by Gasteiger charge is 2.33. The summed E-state index contributed by atoms with van der Waals surface area (Å²) in [6.07, 6.45) is 0. The Hall–Kier alpha value is -3.41. The summed E-state index contributed by atoms with van der Waals surface area (Å²) in [5, 5.41) is 10.7. The molecule has 1 aliphatic heterocycles. The number of nitrogens with one attached hydrogen (secondary N) is 2. The molecule has 0 aliphatic carbocycles. The molecule has 1 aromatic heterocycles. The number of nitrogens with zero attached hydrogens (tertiary/aromatic N) is 3. The second-order valence-corrected chi connectivity index (χ2v) is 6.72. The maximum Gasteiger partial charge on any atom is 0.255 e. The summed E-state index contributed by atoms with van der Waals surface area (Å²) in [4.78, 5) is 17.6. The summed E-state index contributed by atoms with van der Waals surface area (Å²) in [5.74, 6) is 1.15. The van der Waals surface area contributed by atoms with E-state index in [1.54, 1.807) is 4.68 Å². The van der Waals surface area contributed by atoms with Crippen molar-refractivity contribution in [3.8, 4) is 0 Å². The zero-order chi connectivity index (χ0) is 19.0. The third-order valence-corrected chi connectivity index (χ3v) is 4.63. The summed E-state index contributed by atoms with van der Waals surface area (Å²) < 4.78 is 1.78. The molecule has 0 saturated heterocycles. The van der Waals surface area contributed by atoms with Gasteiger partial charge in [-0.2, -0.15) is 10.1 Å². The van der Waals surface area contributed by atoms with E-state index in [2.05, 4.69) is 20.7 Å². The number of aromatic nitrogens is 3. The standard InChI is InChI=1S/C21H21N5O/c1-13-9-11-16(12-10-13)19-18(20(27)24-17-7-5-4-6-8-17)14(2)22-21-23-15(3)25-26(19)21/h4-12,19H,1-3H3,(H,24,27)(H,22,23,25)/t19-/m0/s1. The van der Waals surface area contributed by atoms with Crippen molar-refractivity contribution in [3.63, 3.8) is 0 Å². The smallest absolute Gasteiger partial charge is 0.255 e. The van der Waals surface area contributed by atoms with Crippen molar-refractivity contribution in [3.05, 3.63) is 82.8 Å². The first-order valence-corrected chi connectivity index (χ1v) is 8.87. The molecule has 2 N–H and O–H groups in total. The Bertz CT molecular complexity index is 1020. The van der Waals surface area contributed by atoms with E-state index >= 15 is 0 Å². The molecule has 6 nitrogen and oxygen atoms in total. The fraction of sp³-hybridized carbons (Fsp3) is 0.190. The number of carbonyl (C=O) groups is 1. The number of carbonyl (C=O) groups excluding carboxylic acids is 1. The topological polar surface area (TPSA) is 71.8 Å². The van der Waals surface area contributed by atoms with E-state index in [4.69, 9.17) is 0 Å². The van der Waals surface area contributed by atoms with Gasteiger partial charge in [0.25, 0.3) is 5.91 Å². The molecule has 1 aliphatic rings. The van der Waals surface area contributed by atoms with Crippen LogP contribution in [-0.4, -0.2) is 20.7 Å². The highest BCUT2D eigenvalue weighted by molar-refractivity contribution is 6.06. The molecule has 2 aromatic carbocycles. The van der Waals surface area contributed by atoms with Gasteiger partial charge < -0.3 is 10.6 Å². The molecular formula is C21H21N5O. The van der Waals surface area contributed by atoms with Gasteiger partial charge in [0.2, 0.25) is 5.95 Å². The minimum absolute atomic E-state index is 0.157. The first-order chi connectivity index (χ1) is 13.0. The van der Waals surface area contributed by atoms with Crippen molar-refractivity contribution in [1.29, 1.82) is 0 Å². The molecule has 0 unspecified atom stereocenters. The molecule has 27 heavy (non-hydrogen) atoms. The van der Waals surface area contributed by atoms with E-state index in [-0.39, 0.29) is 11.9 Å². The fourth-order valence-electron chi connectivity index (χ4n) is 3.33. The molecular weight excluding hydrogens is 338 g/mol. The first-order valence-electron chi connectivity index (χ1n) is 8.87. The number of anilines is 2. The molecule has 6 heteroatoms. The zero-order valence-electron chi connectivity index (χ0n) is 15.5. The number of hydrogen-bond donors (Lipinski definition) is 2. The fourth-order valence-corrected chi connectivity index (χ4v) is 3.33. The predicted octanol–water partition coefficient (Wildman–Crippen LogP) is 3.82. The molecule has 1 atom stereocenters. The van der Waals surface area contributed by atoms with Crippen LogP contribution >= 0.6 is 0 Å². The van der Waals surface area contributed by atoms with Crippen molar-refractivity contribution < 1.29 is 4.79 Å². The van der Waals surface area contributed by atoms with E-state index in [0.717, 1.165) is 16.9 Å². The maximum atomic E-state index is 13.2. The van der Waals surface area contributed by atoms with E-state index in [9.17, 15) is 4.79 Å². The van der Waals surface area contributed by atoms with Gasteiger partial charge in [-0.05, 0) is 38.5 Å². The van der Waals surface area contributed by atoms with Crippen molar-refractivity contribution in [1.82, 2.24) is 14.8 Å². The average molecular weight is 359 g/mol. The van der Waals surface area contributed by atoms with Gasteiger partial charge in [0.1, 0.15) is 11.9 Å². The van der Waals surface area contributed by atoms with Crippen LogP contribution in [0.25, 0.3) is 0 Å². The lowest BCUT2D eigenvalue weighted by Gasteiger charge is -2.28. The number of rotatable bonds is 3. The normalized spacial score (nSPS) is 15.9. The van der Waals surface area contributed by atoms with E-state index in [0.29, 0.717) is 17.3 Å². The van der Waals surface area contributed by atoms with Crippen molar-refractivity contribution in [2.24, 2.45) is 0 Å². The maximum absolute atomic E-state index is 13.2. The average Bonchev–Trinajstić information content (AvgIpc) is 3.01. The van der Waals surface area contributed by atoms with Gasteiger partial charge in [-0.3, -0.25) is 4.79 Å². The van der Waals surface area contributed by atoms with Crippen LogP contribution in [0.3, 0.4) is 0 Å². The van der Waals surface area contributed by atoms with Gasteiger partial charge in [-0.1, -0.05) is 48.0 Å². The molecule has 0 bridgehead atoms. The molecule has 1 amide bonds. The van der Waals surface area contributed by atoms with Crippen LogP contribution in [0.15, 0.2) is 65.9 Å². The molecule has 0 fully saturated rings. The van der Waals surface area contributed by atoms with E-state index < -0.39 is 0 Å². The van der Waals surface area contributed by atoms with Crippen LogP contribution < -0.4 is 10.6 Å². The molecule has 0 radical (unpaired) electrons. The van der Waals surface area contributed by atoms with Gasteiger partial charge in [-0.15, -0.1) is 0 Å². The Morgan fingerprint density at radius 1 is 1.04 bits per heavy atom. The van der Waals surface area contributed by atoms with Gasteiger partial charge in [0.05, 0.1) is 5.57 Å². The molecule has 4 rings (SSSR count). The third-order valence-electron chi connectivity index (χ3n) is 4.63. The van der Waals surface area contributed by atoms with E-state index in [1.807, 2.05) is 75.4 Å². The number of para-hydroxylation sites is 1. The number of fused-ring (bicyclic) bond motifs is 1. The minimum atomic E-state index is -0.341. The summed E-state index contributed by atoms with van der Waals surface area (Å²) in [7, 11) is 0. The summed E-state index contributed by atoms with van der Waals surface area (Å²) in [6.45, 7) is 5.79. The van der Waals surface area contributed by atoms with Crippen LogP contribution in [-0.2, 0) is 4.79 Å². The first kappa shape index (κ1) is 17.0. The Balaban J connectivity index is 1.79. The number of benzene rings is 2. The van der Waals surface area contributed by atoms with Crippen molar-refractivity contribution in [2.75, 3.05) is 10.6 Å². The monoisotopic (exact) mass is 359 g/mol. The number of allylic oxidation sites excluding steroid dienone is 1. The second-order valence-electron chi connectivity index (χ2n) is 6.72. The van der Waals surface area contributed by atoms with Crippen LogP contribution in [0.1, 0.15) is 29.9 Å². The molecule has 0 spiro atoms. The van der Waals surface area contributed by atoms with E-state index in [1.165, 1.54) is 5.56 Å². The minimum Gasteiger partial charge on any atom is -0.328 e. The van der Waals surface area contributed by atoms with Crippen LogP contribution in [0, 0.1) is 13.8 Å². The Kier molecular flexibility index (Phi) is 4.24. The molecule has 136 valence electrons. The lowest BCUT2D eigenvalue weighted by molar-refractivity contribution is -0.113. The molecule has 0 saturated carbocycles. The van der Waals surface area contributed by atoms with Crippen LogP contribution in [0.4, 0.5) is 11.6 Å². The van der Waals surface area contributed by atoms with Gasteiger partial charge in [0, 0.05) is 11.4 Å².